The fourth-order valence-corrected chi connectivity index (χ4v) is 3.18. The van der Waals surface area contributed by atoms with Gasteiger partial charge in [-0.2, -0.15) is 0 Å². The summed E-state index contributed by atoms with van der Waals surface area (Å²) in [6.45, 7) is 6.97. The van der Waals surface area contributed by atoms with Crippen LogP contribution in [0.2, 0.25) is 0 Å². The van der Waals surface area contributed by atoms with Crippen molar-refractivity contribution < 1.29 is 4.39 Å². The summed E-state index contributed by atoms with van der Waals surface area (Å²) >= 11 is 0. The lowest BCUT2D eigenvalue weighted by Crippen LogP contribution is -2.07. The van der Waals surface area contributed by atoms with Crippen molar-refractivity contribution in [1.82, 2.24) is 19.9 Å². The number of rotatable bonds is 9. The molecule has 0 aliphatic carbocycles. The van der Waals surface area contributed by atoms with Gasteiger partial charge in [-0.1, -0.05) is 31.2 Å². The van der Waals surface area contributed by atoms with E-state index in [2.05, 4.69) is 50.2 Å². The molecule has 0 spiro atoms. The zero-order valence-corrected chi connectivity index (χ0v) is 20.3. The minimum atomic E-state index is -0.227. The van der Waals surface area contributed by atoms with Crippen LogP contribution in [-0.2, 0) is 6.42 Å². The van der Waals surface area contributed by atoms with Crippen molar-refractivity contribution in [3.63, 3.8) is 0 Å². The first-order valence-electron chi connectivity index (χ1n) is 11.3. The first-order valence-corrected chi connectivity index (χ1v) is 11.3. The summed E-state index contributed by atoms with van der Waals surface area (Å²) in [5.41, 5.74) is 5.31. The summed E-state index contributed by atoms with van der Waals surface area (Å²) in [6.07, 6.45) is 16.9. The molecule has 0 saturated carbocycles. The minimum Gasteiger partial charge on any atom is -0.354 e. The van der Waals surface area contributed by atoms with Gasteiger partial charge < -0.3 is 10.3 Å². The molecule has 0 amide bonds. The van der Waals surface area contributed by atoms with Gasteiger partial charge >= 0.3 is 0 Å². The number of aromatic amines is 1. The smallest absolute Gasteiger partial charge is 0.222 e. The van der Waals surface area contributed by atoms with Gasteiger partial charge in [0.05, 0.1) is 12.0 Å². The van der Waals surface area contributed by atoms with E-state index in [1.54, 1.807) is 44.0 Å². The molecule has 0 bridgehead atoms. The second-order valence-corrected chi connectivity index (χ2v) is 7.29. The Balaban J connectivity index is 0.000000254. The summed E-state index contributed by atoms with van der Waals surface area (Å²) in [5, 5.41) is 3.11. The summed E-state index contributed by atoms with van der Waals surface area (Å²) < 4.78 is 13.0. The van der Waals surface area contributed by atoms with E-state index in [0.29, 0.717) is 5.95 Å². The van der Waals surface area contributed by atoms with Crippen molar-refractivity contribution in [1.29, 1.82) is 0 Å². The fourth-order valence-electron chi connectivity index (χ4n) is 3.18. The Kier molecular flexibility index (Phi) is 11.7. The number of benzene rings is 1. The largest absolute Gasteiger partial charge is 0.354 e. The quantitative estimate of drug-likeness (QED) is 0.305. The second kappa shape index (κ2) is 15.1. The van der Waals surface area contributed by atoms with Crippen molar-refractivity contribution in [3.8, 4) is 0 Å². The van der Waals surface area contributed by atoms with Crippen LogP contribution in [0.3, 0.4) is 0 Å². The van der Waals surface area contributed by atoms with Crippen molar-refractivity contribution >= 4 is 11.7 Å². The predicted molar refractivity (Wildman–Crippen MR) is 139 cm³/mol. The highest BCUT2D eigenvalue weighted by Gasteiger charge is 2.08. The average Bonchev–Trinajstić information content (AvgIpc) is 3.38. The van der Waals surface area contributed by atoms with E-state index in [1.807, 2.05) is 31.3 Å². The summed E-state index contributed by atoms with van der Waals surface area (Å²) in [6, 6.07) is 8.26. The second-order valence-electron chi connectivity index (χ2n) is 7.29. The van der Waals surface area contributed by atoms with Gasteiger partial charge in [0, 0.05) is 49.9 Å². The van der Waals surface area contributed by atoms with Gasteiger partial charge in [-0.05, 0) is 61.7 Å². The van der Waals surface area contributed by atoms with E-state index in [-0.39, 0.29) is 5.82 Å². The van der Waals surface area contributed by atoms with Gasteiger partial charge in [-0.25, -0.2) is 19.3 Å². The minimum absolute atomic E-state index is 0.227. The maximum atomic E-state index is 13.0. The van der Waals surface area contributed by atoms with Gasteiger partial charge in [-0.15, -0.1) is 0 Å². The van der Waals surface area contributed by atoms with Gasteiger partial charge in [0.2, 0.25) is 5.95 Å². The van der Waals surface area contributed by atoms with Crippen molar-refractivity contribution in [3.05, 3.63) is 108 Å². The molecule has 0 unspecified atom stereocenters. The molecule has 34 heavy (non-hydrogen) atoms. The third kappa shape index (κ3) is 8.94. The number of aliphatic imine (C=N–C) groups is 1. The van der Waals surface area contributed by atoms with Crippen LogP contribution in [0, 0.1) is 5.82 Å². The standard InChI is InChI=1S/C18H22FN.C9H11N5/c1-5-7-8-9-15(6-2)14(3)18(20-4)16-10-12-17(19)13-11-16;1-3-11-9(12-4-1)13-5-2-8-6-10-7-14-8/h5,7-13H,6H2,1-4H3;1,3-4,6-7H,2,5H2,(H,10,14)(H,11,12,13)/b7-5-,9-8-,15-14+,20-18?;. The molecule has 2 N–H and O–H groups in total. The topological polar surface area (TPSA) is 78.9 Å². The van der Waals surface area contributed by atoms with E-state index >= 15 is 0 Å². The molecule has 0 atom stereocenters. The number of halogens is 1. The van der Waals surface area contributed by atoms with Crippen LogP contribution in [0.25, 0.3) is 0 Å². The molecule has 2 aromatic heterocycles. The van der Waals surface area contributed by atoms with Crippen LogP contribution in [-0.4, -0.2) is 39.2 Å². The Hall–Kier alpha value is -3.87. The Morgan fingerprint density at radius 2 is 1.88 bits per heavy atom. The van der Waals surface area contributed by atoms with Crippen molar-refractivity contribution in [2.45, 2.75) is 33.6 Å². The van der Waals surface area contributed by atoms with Crippen LogP contribution in [0.1, 0.15) is 38.4 Å². The predicted octanol–water partition coefficient (Wildman–Crippen LogP) is 5.96. The van der Waals surface area contributed by atoms with E-state index < -0.39 is 0 Å². The van der Waals surface area contributed by atoms with Crippen LogP contribution >= 0.6 is 0 Å². The van der Waals surface area contributed by atoms with Crippen LogP contribution in [0.15, 0.2) is 95.7 Å². The monoisotopic (exact) mass is 460 g/mol. The third-order valence-corrected chi connectivity index (χ3v) is 4.96. The SMILES string of the molecule is C\C=C/C=C\C(CC)=C(/C)C(=NC)c1ccc(F)cc1.c1cnc(NCCc2cnc[nH]2)nc1. The maximum absolute atomic E-state index is 13.0. The maximum Gasteiger partial charge on any atom is 0.222 e. The molecular formula is C27H33FN6. The first kappa shape index (κ1) is 26.4. The Morgan fingerprint density at radius 1 is 1.15 bits per heavy atom. The van der Waals surface area contributed by atoms with E-state index in [4.69, 9.17) is 0 Å². The van der Waals surface area contributed by atoms with Crippen molar-refractivity contribution in [2.24, 2.45) is 4.99 Å². The molecule has 0 aliphatic rings. The number of hydrogen-bond acceptors (Lipinski definition) is 5. The number of aromatic nitrogens is 4. The van der Waals surface area contributed by atoms with Crippen LogP contribution in [0.4, 0.5) is 10.3 Å². The Bertz CT molecular complexity index is 1080. The number of nitrogens with zero attached hydrogens (tertiary/aromatic N) is 4. The zero-order chi connectivity index (χ0) is 24.6. The summed E-state index contributed by atoms with van der Waals surface area (Å²) in [7, 11) is 1.77. The molecule has 0 fully saturated rings. The summed E-state index contributed by atoms with van der Waals surface area (Å²) in [4.78, 5) is 19.4. The highest BCUT2D eigenvalue weighted by molar-refractivity contribution is 6.12. The third-order valence-electron chi connectivity index (χ3n) is 4.96. The molecule has 6 nitrogen and oxygen atoms in total. The normalized spacial score (nSPS) is 12.4. The number of nitrogens with one attached hydrogen (secondary N) is 2. The average molecular weight is 461 g/mol. The van der Waals surface area contributed by atoms with Crippen molar-refractivity contribution in [2.75, 3.05) is 18.9 Å². The number of allylic oxidation sites excluding steroid dienone is 6. The molecule has 0 aliphatic heterocycles. The highest BCUT2D eigenvalue weighted by Crippen LogP contribution is 2.17. The molecule has 3 aromatic rings. The fraction of sp³-hybridized carbons (Fsp3) is 0.259. The van der Waals surface area contributed by atoms with E-state index in [1.165, 1.54) is 17.7 Å². The molecular weight excluding hydrogens is 427 g/mol. The molecule has 3 rings (SSSR count). The van der Waals surface area contributed by atoms with Gasteiger partial charge in [0.15, 0.2) is 0 Å². The van der Waals surface area contributed by atoms with E-state index in [0.717, 1.165) is 41.9 Å². The van der Waals surface area contributed by atoms with Crippen LogP contribution < -0.4 is 5.32 Å². The Labute approximate surface area is 201 Å². The lowest BCUT2D eigenvalue weighted by Gasteiger charge is -2.10. The molecule has 1 aromatic carbocycles. The molecule has 178 valence electrons. The van der Waals surface area contributed by atoms with Crippen LogP contribution in [0.5, 0.6) is 0 Å². The molecule has 0 radical (unpaired) electrons. The Morgan fingerprint density at radius 3 is 2.47 bits per heavy atom. The molecule has 2 heterocycles. The van der Waals surface area contributed by atoms with Gasteiger partial charge in [0.25, 0.3) is 0 Å². The first-order chi connectivity index (χ1) is 16.6. The van der Waals surface area contributed by atoms with E-state index in [9.17, 15) is 4.39 Å². The highest BCUT2D eigenvalue weighted by atomic mass is 19.1. The lowest BCUT2D eigenvalue weighted by atomic mass is 9.97. The zero-order valence-electron chi connectivity index (χ0n) is 20.3. The number of hydrogen-bond donors (Lipinski definition) is 2. The number of anilines is 1. The lowest BCUT2D eigenvalue weighted by molar-refractivity contribution is 0.628. The summed E-state index contributed by atoms with van der Waals surface area (Å²) in [5.74, 6) is 0.432. The van der Waals surface area contributed by atoms with Gasteiger partial charge in [0.1, 0.15) is 5.82 Å². The number of imidazole rings is 1. The van der Waals surface area contributed by atoms with Gasteiger partial charge in [-0.3, -0.25) is 4.99 Å². The molecule has 0 saturated heterocycles. The number of H-pyrrole nitrogens is 1. The molecule has 7 heteroatoms.